The quantitative estimate of drug-likeness (QED) is 0.875. The normalized spacial score (nSPS) is 10.7. The van der Waals surface area contributed by atoms with Crippen molar-refractivity contribution in [1.29, 1.82) is 0 Å². The molecule has 0 aliphatic rings. The highest BCUT2D eigenvalue weighted by atomic mass is 16.5. The van der Waals surface area contributed by atoms with Crippen LogP contribution in [0, 0.1) is 6.92 Å². The molecule has 5 heteroatoms. The lowest BCUT2D eigenvalue weighted by molar-refractivity contribution is 0.232. The molecule has 0 amide bonds. The van der Waals surface area contributed by atoms with E-state index in [-0.39, 0.29) is 6.10 Å². The van der Waals surface area contributed by atoms with Crippen molar-refractivity contribution in [3.05, 3.63) is 41.6 Å². The van der Waals surface area contributed by atoms with Gasteiger partial charge in [0.15, 0.2) is 0 Å². The summed E-state index contributed by atoms with van der Waals surface area (Å²) < 4.78 is 5.61. The van der Waals surface area contributed by atoms with E-state index in [0.29, 0.717) is 18.4 Å². The van der Waals surface area contributed by atoms with E-state index >= 15 is 0 Å². The Hall–Kier alpha value is -2.14. The van der Waals surface area contributed by atoms with Crippen LogP contribution in [0.1, 0.15) is 25.1 Å². The molecular weight excluding hydrogens is 252 g/mol. The highest BCUT2D eigenvalue weighted by Crippen LogP contribution is 2.20. The first kappa shape index (κ1) is 14.3. The summed E-state index contributed by atoms with van der Waals surface area (Å²) in [5, 5.41) is 3.20. The molecule has 0 radical (unpaired) electrons. The number of aryl methyl sites for hydroxylation is 1. The first-order valence-electron chi connectivity index (χ1n) is 6.66. The number of nitrogens with two attached hydrogens (primary N) is 1. The number of rotatable bonds is 5. The minimum Gasteiger partial charge on any atom is -0.475 e. The summed E-state index contributed by atoms with van der Waals surface area (Å²) in [5.41, 5.74) is 8.51. The molecule has 0 bridgehead atoms. The Labute approximate surface area is 119 Å². The number of para-hydroxylation sites is 1. The molecule has 0 fully saturated rings. The third kappa shape index (κ3) is 3.68. The average molecular weight is 272 g/mol. The van der Waals surface area contributed by atoms with E-state index in [1.165, 1.54) is 0 Å². The van der Waals surface area contributed by atoms with E-state index in [9.17, 15) is 0 Å². The van der Waals surface area contributed by atoms with Crippen LogP contribution < -0.4 is 15.8 Å². The van der Waals surface area contributed by atoms with Gasteiger partial charge < -0.3 is 15.8 Å². The van der Waals surface area contributed by atoms with Gasteiger partial charge in [-0.15, -0.1) is 0 Å². The molecule has 0 atom stereocenters. The summed E-state index contributed by atoms with van der Waals surface area (Å²) in [7, 11) is 0. The molecular formula is C15H20N4O. The van der Waals surface area contributed by atoms with E-state index in [4.69, 9.17) is 10.5 Å². The van der Waals surface area contributed by atoms with Crippen LogP contribution in [-0.4, -0.2) is 16.1 Å². The Bertz CT molecular complexity index is 584. The summed E-state index contributed by atoms with van der Waals surface area (Å²) in [6, 6.07) is 9.65. The molecule has 0 saturated carbocycles. The van der Waals surface area contributed by atoms with E-state index in [0.717, 1.165) is 16.9 Å². The van der Waals surface area contributed by atoms with Crippen molar-refractivity contribution < 1.29 is 4.74 Å². The number of nitrogens with zero attached hydrogens (tertiary/aromatic N) is 2. The van der Waals surface area contributed by atoms with Crippen LogP contribution in [0.5, 0.6) is 5.88 Å². The Balaban J connectivity index is 2.26. The fourth-order valence-corrected chi connectivity index (χ4v) is 1.84. The van der Waals surface area contributed by atoms with Gasteiger partial charge in [0, 0.05) is 24.0 Å². The molecule has 0 saturated heterocycles. The number of hydrogen-bond acceptors (Lipinski definition) is 5. The Morgan fingerprint density at radius 1 is 1.25 bits per heavy atom. The van der Waals surface area contributed by atoms with Gasteiger partial charge in [-0.05, 0) is 32.4 Å². The number of aromatic nitrogens is 2. The third-order valence-corrected chi connectivity index (χ3v) is 2.67. The molecule has 0 unspecified atom stereocenters. The number of nitrogens with one attached hydrogen (secondary N) is 1. The lowest BCUT2D eigenvalue weighted by atomic mass is 10.2. The van der Waals surface area contributed by atoms with Crippen molar-refractivity contribution >= 4 is 11.6 Å². The number of anilines is 2. The molecule has 2 rings (SSSR count). The molecule has 5 nitrogen and oxygen atoms in total. The first-order valence-corrected chi connectivity index (χ1v) is 6.66. The fourth-order valence-electron chi connectivity index (χ4n) is 1.84. The number of ether oxygens (including phenoxy) is 1. The van der Waals surface area contributed by atoms with Crippen molar-refractivity contribution in [3.8, 4) is 5.88 Å². The summed E-state index contributed by atoms with van der Waals surface area (Å²) in [5.74, 6) is 1.08. The third-order valence-electron chi connectivity index (χ3n) is 2.67. The van der Waals surface area contributed by atoms with Crippen LogP contribution in [-0.2, 0) is 6.54 Å². The molecule has 106 valence electrons. The van der Waals surface area contributed by atoms with E-state index in [1.807, 2.05) is 51.1 Å². The van der Waals surface area contributed by atoms with Crippen LogP contribution in [0.3, 0.4) is 0 Å². The van der Waals surface area contributed by atoms with Gasteiger partial charge in [-0.25, -0.2) is 4.98 Å². The smallest absolute Gasteiger partial charge is 0.230 e. The van der Waals surface area contributed by atoms with Gasteiger partial charge in [0.25, 0.3) is 0 Å². The average Bonchev–Trinajstić information content (AvgIpc) is 2.37. The second-order valence-electron chi connectivity index (χ2n) is 4.82. The van der Waals surface area contributed by atoms with Crippen molar-refractivity contribution in [3.63, 3.8) is 0 Å². The summed E-state index contributed by atoms with van der Waals surface area (Å²) in [4.78, 5) is 8.73. The molecule has 0 aliphatic carbocycles. The van der Waals surface area contributed by atoms with Crippen molar-refractivity contribution in [2.24, 2.45) is 5.73 Å². The van der Waals surface area contributed by atoms with Crippen molar-refractivity contribution in [2.45, 2.75) is 33.4 Å². The molecule has 3 N–H and O–H groups in total. The Kier molecular flexibility index (Phi) is 4.53. The second-order valence-corrected chi connectivity index (χ2v) is 4.82. The lowest BCUT2D eigenvalue weighted by Gasteiger charge is -2.13. The lowest BCUT2D eigenvalue weighted by Crippen LogP contribution is -2.09. The molecule has 1 aromatic carbocycles. The predicted octanol–water partition coefficient (Wildman–Crippen LogP) is 2.77. The van der Waals surface area contributed by atoms with E-state index in [1.54, 1.807) is 0 Å². The predicted molar refractivity (Wildman–Crippen MR) is 80.1 cm³/mol. The molecule has 0 aliphatic heterocycles. The second kappa shape index (κ2) is 6.34. The highest BCUT2D eigenvalue weighted by molar-refractivity contribution is 5.58. The van der Waals surface area contributed by atoms with Crippen LogP contribution in [0.25, 0.3) is 0 Å². The van der Waals surface area contributed by atoms with Crippen LogP contribution in [0.15, 0.2) is 30.3 Å². The minimum absolute atomic E-state index is 0.0773. The zero-order valence-corrected chi connectivity index (χ0v) is 12.1. The van der Waals surface area contributed by atoms with Crippen LogP contribution in [0.4, 0.5) is 11.6 Å². The molecule has 2 aromatic rings. The van der Waals surface area contributed by atoms with Gasteiger partial charge in [0.2, 0.25) is 11.8 Å². The minimum atomic E-state index is 0.0773. The van der Waals surface area contributed by atoms with Crippen LogP contribution in [0.2, 0.25) is 0 Å². The maximum absolute atomic E-state index is 5.72. The maximum atomic E-state index is 5.72. The summed E-state index contributed by atoms with van der Waals surface area (Å²) >= 11 is 0. The molecule has 0 spiro atoms. The Morgan fingerprint density at radius 2 is 2.00 bits per heavy atom. The van der Waals surface area contributed by atoms with Gasteiger partial charge in [-0.1, -0.05) is 18.2 Å². The molecule has 20 heavy (non-hydrogen) atoms. The van der Waals surface area contributed by atoms with Crippen molar-refractivity contribution in [2.75, 3.05) is 5.32 Å². The SMILES string of the molecule is Cc1cc(OC(C)C)nc(Nc2ccccc2CN)n1. The standard InChI is InChI=1S/C15H20N4O/c1-10(2)20-14-8-11(3)17-15(19-14)18-13-7-5-4-6-12(13)9-16/h4-8,10H,9,16H2,1-3H3,(H,17,18,19). The fraction of sp³-hybridized carbons (Fsp3) is 0.333. The summed E-state index contributed by atoms with van der Waals surface area (Å²) in [6.07, 6.45) is 0.0773. The summed E-state index contributed by atoms with van der Waals surface area (Å²) in [6.45, 7) is 6.31. The topological polar surface area (TPSA) is 73.1 Å². The number of benzene rings is 1. The molecule has 1 aromatic heterocycles. The van der Waals surface area contributed by atoms with E-state index < -0.39 is 0 Å². The van der Waals surface area contributed by atoms with Gasteiger partial charge in [-0.2, -0.15) is 4.98 Å². The van der Waals surface area contributed by atoms with E-state index in [2.05, 4.69) is 15.3 Å². The monoisotopic (exact) mass is 272 g/mol. The zero-order chi connectivity index (χ0) is 14.5. The zero-order valence-electron chi connectivity index (χ0n) is 12.1. The first-order chi connectivity index (χ1) is 9.58. The van der Waals surface area contributed by atoms with Crippen molar-refractivity contribution in [1.82, 2.24) is 9.97 Å². The van der Waals surface area contributed by atoms with Crippen LogP contribution >= 0.6 is 0 Å². The maximum Gasteiger partial charge on any atom is 0.230 e. The molecule has 1 heterocycles. The van der Waals surface area contributed by atoms with Gasteiger partial charge >= 0.3 is 0 Å². The largest absolute Gasteiger partial charge is 0.475 e. The Morgan fingerprint density at radius 3 is 2.70 bits per heavy atom. The number of hydrogen-bond donors (Lipinski definition) is 2. The van der Waals surface area contributed by atoms with Gasteiger partial charge in [0.1, 0.15) is 0 Å². The highest BCUT2D eigenvalue weighted by Gasteiger charge is 2.07. The van der Waals surface area contributed by atoms with Gasteiger partial charge in [0.05, 0.1) is 6.10 Å². The van der Waals surface area contributed by atoms with Gasteiger partial charge in [-0.3, -0.25) is 0 Å².